The Kier molecular flexibility index (Phi) is 6.28. The van der Waals surface area contributed by atoms with Crippen molar-refractivity contribution in [2.24, 2.45) is 0 Å². The molecule has 0 aliphatic carbocycles. The summed E-state index contributed by atoms with van der Waals surface area (Å²) in [5.74, 6) is 0. The van der Waals surface area contributed by atoms with Gasteiger partial charge in [-0.25, -0.2) is 21.6 Å². The number of pyridine rings is 1. The Bertz CT molecular complexity index is 1330. The Morgan fingerprint density at radius 1 is 1.26 bits per heavy atom. The van der Waals surface area contributed by atoms with Crippen LogP contribution >= 0.6 is 11.3 Å². The van der Waals surface area contributed by atoms with E-state index in [9.17, 15) is 21.6 Å². The highest BCUT2D eigenvalue weighted by molar-refractivity contribution is 7.89. The van der Waals surface area contributed by atoms with E-state index >= 15 is 0 Å². The van der Waals surface area contributed by atoms with Crippen molar-refractivity contribution in [1.29, 1.82) is 0 Å². The van der Waals surface area contributed by atoms with Crippen LogP contribution in [-0.2, 0) is 14.8 Å². The fourth-order valence-corrected chi connectivity index (χ4v) is 6.64. The molecular weight excluding hydrogens is 505 g/mol. The summed E-state index contributed by atoms with van der Waals surface area (Å²) in [6, 6.07) is 5.40. The van der Waals surface area contributed by atoms with E-state index in [1.807, 2.05) is 13.8 Å². The minimum atomic E-state index is -4.14. The molecular formula is C21H25F3N6O3S2. The standard InChI is InChI=1S/C21H25F3N6O3S2/c1-12-6-29(7-13(2)25-12)17-5-14(35(31,32)28-21(9-22)10-33-11-21)8-30-15(17)3-4-16(30)19-26-27-20(34-19)18(23)24/h3-5,8,12-13,18,25,28H,6-7,9-11H2,1-2H3/t12-,13-/m0/s1. The molecule has 35 heavy (non-hydrogen) atoms. The number of hydrogen-bond donors (Lipinski definition) is 2. The minimum absolute atomic E-state index is 0.0549. The zero-order valence-corrected chi connectivity index (χ0v) is 20.7. The number of fused-ring (bicyclic) bond motifs is 1. The van der Waals surface area contributed by atoms with Gasteiger partial charge in [0.2, 0.25) is 10.0 Å². The van der Waals surface area contributed by atoms with Gasteiger partial charge < -0.3 is 19.4 Å². The molecule has 5 rings (SSSR count). The summed E-state index contributed by atoms with van der Waals surface area (Å²) < 4.78 is 75.8. The monoisotopic (exact) mass is 530 g/mol. The van der Waals surface area contributed by atoms with Crippen molar-refractivity contribution in [2.75, 3.05) is 37.9 Å². The van der Waals surface area contributed by atoms with E-state index in [4.69, 9.17) is 4.74 Å². The molecule has 2 atom stereocenters. The van der Waals surface area contributed by atoms with Gasteiger partial charge in [0.05, 0.1) is 30.1 Å². The zero-order valence-electron chi connectivity index (χ0n) is 19.0. The van der Waals surface area contributed by atoms with E-state index in [0.29, 0.717) is 30.0 Å². The summed E-state index contributed by atoms with van der Waals surface area (Å²) in [4.78, 5) is 2.01. The van der Waals surface area contributed by atoms with Gasteiger partial charge in [-0.15, -0.1) is 10.2 Å². The maximum absolute atomic E-state index is 13.6. The highest BCUT2D eigenvalue weighted by Crippen LogP contribution is 2.35. The van der Waals surface area contributed by atoms with Crippen LogP contribution in [0.5, 0.6) is 0 Å². The van der Waals surface area contributed by atoms with Crippen LogP contribution in [0.15, 0.2) is 29.3 Å². The van der Waals surface area contributed by atoms with E-state index in [1.165, 1.54) is 6.20 Å². The van der Waals surface area contributed by atoms with Gasteiger partial charge in [0.15, 0.2) is 10.0 Å². The smallest absolute Gasteiger partial charge is 0.291 e. The van der Waals surface area contributed by atoms with Crippen LogP contribution in [0.4, 0.5) is 18.9 Å². The largest absolute Gasteiger partial charge is 0.377 e. The van der Waals surface area contributed by atoms with Gasteiger partial charge in [-0.1, -0.05) is 11.3 Å². The molecule has 14 heteroatoms. The predicted molar refractivity (Wildman–Crippen MR) is 125 cm³/mol. The van der Waals surface area contributed by atoms with Crippen LogP contribution in [-0.4, -0.2) is 73.6 Å². The first-order valence-electron chi connectivity index (χ1n) is 11.1. The van der Waals surface area contributed by atoms with Gasteiger partial charge in [0.25, 0.3) is 6.43 Å². The summed E-state index contributed by atoms with van der Waals surface area (Å²) in [6.45, 7) is 4.34. The predicted octanol–water partition coefficient (Wildman–Crippen LogP) is 2.60. The van der Waals surface area contributed by atoms with Crippen LogP contribution < -0.4 is 14.9 Å². The molecule has 2 saturated heterocycles. The third-order valence-corrected chi connectivity index (χ3v) is 8.63. The summed E-state index contributed by atoms with van der Waals surface area (Å²) in [6.07, 6.45) is -1.35. The molecule has 9 nitrogen and oxygen atoms in total. The van der Waals surface area contributed by atoms with E-state index < -0.39 is 33.7 Å². The molecule has 0 bridgehead atoms. The summed E-state index contributed by atoms with van der Waals surface area (Å²) >= 11 is 0.748. The molecule has 0 saturated carbocycles. The SMILES string of the molecule is C[C@H]1CN(c2cc(S(=O)(=O)NC3(CF)COC3)cn3c(-c4nnc(C(F)F)s4)ccc23)C[C@H](C)N1. The lowest BCUT2D eigenvalue weighted by atomic mass is 10.0. The van der Waals surface area contributed by atoms with Crippen molar-refractivity contribution in [1.82, 2.24) is 24.6 Å². The first-order chi connectivity index (χ1) is 16.6. The molecule has 2 aliphatic rings. The number of aromatic nitrogens is 3. The molecule has 0 amide bonds. The second-order valence-corrected chi connectivity index (χ2v) is 11.9. The molecule has 2 aliphatic heterocycles. The molecule has 0 radical (unpaired) electrons. The van der Waals surface area contributed by atoms with Crippen molar-refractivity contribution in [2.45, 2.75) is 42.8 Å². The Morgan fingerprint density at radius 3 is 2.54 bits per heavy atom. The normalized spacial score (nSPS) is 22.6. The lowest BCUT2D eigenvalue weighted by Crippen LogP contribution is -2.63. The third-order valence-electron chi connectivity index (χ3n) is 6.13. The molecule has 0 unspecified atom stereocenters. The fraction of sp³-hybridized carbons (Fsp3) is 0.524. The number of anilines is 1. The van der Waals surface area contributed by atoms with Crippen LogP contribution in [0.3, 0.4) is 0 Å². The second-order valence-electron chi connectivity index (χ2n) is 9.17. The molecule has 2 fully saturated rings. The number of hydrogen-bond acceptors (Lipinski definition) is 8. The molecule has 190 valence electrons. The van der Waals surface area contributed by atoms with E-state index in [0.717, 1.165) is 11.3 Å². The third kappa shape index (κ3) is 4.53. The maximum Gasteiger partial charge on any atom is 0.291 e. The Balaban J connectivity index is 1.65. The highest BCUT2D eigenvalue weighted by Gasteiger charge is 2.43. The lowest BCUT2D eigenvalue weighted by Gasteiger charge is -2.39. The highest BCUT2D eigenvalue weighted by atomic mass is 32.2. The van der Waals surface area contributed by atoms with Crippen molar-refractivity contribution >= 4 is 32.6 Å². The van der Waals surface area contributed by atoms with Gasteiger partial charge in [0, 0.05) is 31.4 Å². The van der Waals surface area contributed by atoms with Gasteiger partial charge in [0.1, 0.15) is 17.1 Å². The lowest BCUT2D eigenvalue weighted by molar-refractivity contribution is -0.0725. The summed E-state index contributed by atoms with van der Waals surface area (Å²) in [5, 5.41) is 10.7. The fourth-order valence-electron chi connectivity index (χ4n) is 4.55. The number of nitrogens with zero attached hydrogens (tertiary/aromatic N) is 4. The minimum Gasteiger partial charge on any atom is -0.377 e. The summed E-state index contributed by atoms with van der Waals surface area (Å²) in [7, 11) is -4.14. The van der Waals surface area contributed by atoms with Crippen LogP contribution in [0.25, 0.3) is 16.2 Å². The zero-order chi connectivity index (χ0) is 25.0. The summed E-state index contributed by atoms with van der Waals surface area (Å²) in [5.41, 5.74) is 0.501. The second kappa shape index (κ2) is 9.00. The van der Waals surface area contributed by atoms with Crippen LogP contribution in [0.1, 0.15) is 25.3 Å². The average molecular weight is 531 g/mol. The van der Waals surface area contributed by atoms with Crippen molar-refractivity contribution in [3.8, 4) is 10.7 Å². The topological polar surface area (TPSA) is 101 Å². The number of rotatable bonds is 7. The van der Waals surface area contributed by atoms with Gasteiger partial charge in [-0.2, -0.15) is 4.72 Å². The number of nitrogens with one attached hydrogen (secondary N) is 2. The van der Waals surface area contributed by atoms with Gasteiger partial charge >= 0.3 is 0 Å². The molecule has 3 aromatic rings. The molecule has 0 aromatic carbocycles. The first-order valence-corrected chi connectivity index (χ1v) is 13.4. The molecule has 5 heterocycles. The molecule has 3 aromatic heterocycles. The number of halogens is 3. The Labute approximate surface area is 204 Å². The first kappa shape index (κ1) is 24.4. The van der Waals surface area contributed by atoms with Crippen molar-refractivity contribution in [3.05, 3.63) is 29.4 Å². The Hall–Kier alpha value is -2.26. The van der Waals surface area contributed by atoms with E-state index in [2.05, 4.69) is 25.1 Å². The maximum atomic E-state index is 13.6. The van der Waals surface area contributed by atoms with Crippen LogP contribution in [0, 0.1) is 0 Å². The van der Waals surface area contributed by atoms with Crippen molar-refractivity contribution < 1.29 is 26.3 Å². The van der Waals surface area contributed by atoms with Crippen molar-refractivity contribution in [3.63, 3.8) is 0 Å². The number of alkyl halides is 3. The van der Waals surface area contributed by atoms with E-state index in [1.54, 1.807) is 22.6 Å². The average Bonchev–Trinajstić information content (AvgIpc) is 3.42. The molecule has 2 N–H and O–H groups in total. The van der Waals surface area contributed by atoms with Crippen LogP contribution in [0.2, 0.25) is 0 Å². The molecule has 0 spiro atoms. The quantitative estimate of drug-likeness (QED) is 0.484. The van der Waals surface area contributed by atoms with Gasteiger partial charge in [-0.3, -0.25) is 0 Å². The van der Waals surface area contributed by atoms with E-state index in [-0.39, 0.29) is 35.2 Å². The number of piperazine rings is 1. The number of sulfonamides is 1. The number of ether oxygens (including phenoxy) is 1. The van der Waals surface area contributed by atoms with Gasteiger partial charge in [-0.05, 0) is 32.0 Å². The Morgan fingerprint density at radius 2 is 1.97 bits per heavy atom.